The lowest BCUT2D eigenvalue weighted by atomic mass is 10.3. The third kappa shape index (κ3) is 4.01. The minimum absolute atomic E-state index is 0.199. The molecule has 19 heavy (non-hydrogen) atoms. The molecule has 1 heterocycles. The van der Waals surface area contributed by atoms with Crippen LogP contribution < -0.4 is 5.32 Å². The highest BCUT2D eigenvalue weighted by Crippen LogP contribution is 2.24. The summed E-state index contributed by atoms with van der Waals surface area (Å²) in [5.41, 5.74) is 1.89. The van der Waals surface area contributed by atoms with Crippen LogP contribution in [0.4, 0.5) is 4.39 Å². The van der Waals surface area contributed by atoms with Gasteiger partial charge in [-0.05, 0) is 32.2 Å². The third-order valence-corrected chi connectivity index (χ3v) is 3.55. The molecular weight excluding hydrogens is 261 g/mol. The lowest BCUT2D eigenvalue weighted by Gasteiger charge is -2.06. The van der Waals surface area contributed by atoms with Crippen LogP contribution in [0.2, 0.25) is 0 Å². The van der Waals surface area contributed by atoms with Crippen molar-refractivity contribution in [2.75, 3.05) is 7.05 Å². The Labute approximate surface area is 116 Å². The lowest BCUT2D eigenvalue weighted by Crippen LogP contribution is -2.09. The first-order valence-corrected chi connectivity index (χ1v) is 7.03. The van der Waals surface area contributed by atoms with Crippen molar-refractivity contribution in [3.05, 3.63) is 53.4 Å². The van der Waals surface area contributed by atoms with Gasteiger partial charge in [0.05, 0.1) is 11.4 Å². The first kappa shape index (κ1) is 14.0. The maximum Gasteiger partial charge on any atom is 0.139 e. The fraction of sp³-hybridized carbons (Fsp3) is 0.286. The molecule has 100 valence electrons. The third-order valence-electron chi connectivity index (χ3n) is 2.50. The van der Waals surface area contributed by atoms with E-state index < -0.39 is 0 Å². The molecule has 0 saturated carbocycles. The van der Waals surface area contributed by atoms with E-state index in [0.717, 1.165) is 17.2 Å². The van der Waals surface area contributed by atoms with E-state index in [1.165, 1.54) is 17.8 Å². The van der Waals surface area contributed by atoms with Crippen molar-refractivity contribution in [2.45, 2.75) is 24.1 Å². The van der Waals surface area contributed by atoms with Crippen LogP contribution in [0.15, 0.2) is 35.2 Å². The molecule has 5 heteroatoms. The number of thioether (sulfide) groups is 1. The van der Waals surface area contributed by atoms with E-state index in [1.807, 2.05) is 26.1 Å². The van der Waals surface area contributed by atoms with Gasteiger partial charge in [0.15, 0.2) is 0 Å². The van der Waals surface area contributed by atoms with Gasteiger partial charge >= 0.3 is 0 Å². The molecule has 1 aromatic heterocycles. The largest absolute Gasteiger partial charge is 0.314 e. The summed E-state index contributed by atoms with van der Waals surface area (Å²) >= 11 is 1.42. The van der Waals surface area contributed by atoms with Crippen molar-refractivity contribution >= 4 is 11.8 Å². The van der Waals surface area contributed by atoms with Crippen LogP contribution in [-0.4, -0.2) is 17.0 Å². The monoisotopic (exact) mass is 277 g/mol. The molecule has 0 radical (unpaired) electrons. The van der Waals surface area contributed by atoms with Crippen molar-refractivity contribution in [2.24, 2.45) is 0 Å². The van der Waals surface area contributed by atoms with Crippen LogP contribution in [0.25, 0.3) is 0 Å². The molecular formula is C14H16FN3S. The summed E-state index contributed by atoms with van der Waals surface area (Å²) in [6.45, 7) is 2.65. The van der Waals surface area contributed by atoms with E-state index in [1.54, 1.807) is 12.1 Å². The molecule has 0 amide bonds. The Balaban J connectivity index is 2.09. The predicted octanol–water partition coefficient (Wildman–Crippen LogP) is 2.94. The summed E-state index contributed by atoms with van der Waals surface area (Å²) in [4.78, 5) is 9.46. The van der Waals surface area contributed by atoms with Gasteiger partial charge in [0.1, 0.15) is 11.6 Å². The topological polar surface area (TPSA) is 37.8 Å². The first-order valence-electron chi connectivity index (χ1n) is 6.04. The number of aryl methyl sites for hydroxylation is 1. The fourth-order valence-corrected chi connectivity index (χ4v) is 2.53. The van der Waals surface area contributed by atoms with Gasteiger partial charge < -0.3 is 5.32 Å². The molecule has 0 aliphatic rings. The van der Waals surface area contributed by atoms with Crippen LogP contribution in [0.3, 0.4) is 0 Å². The van der Waals surface area contributed by atoms with Gasteiger partial charge in [0.2, 0.25) is 0 Å². The van der Waals surface area contributed by atoms with Gasteiger partial charge in [-0.15, -0.1) is 11.8 Å². The number of nitrogens with one attached hydrogen (secondary N) is 1. The summed E-state index contributed by atoms with van der Waals surface area (Å²) in [5.74, 6) is 1.10. The Morgan fingerprint density at radius 3 is 2.79 bits per heavy atom. The van der Waals surface area contributed by atoms with E-state index in [4.69, 9.17) is 0 Å². The number of benzene rings is 1. The molecule has 0 atom stereocenters. The van der Waals surface area contributed by atoms with Crippen LogP contribution in [-0.2, 0) is 12.3 Å². The Morgan fingerprint density at radius 2 is 2.05 bits per heavy atom. The van der Waals surface area contributed by atoms with Gasteiger partial charge in [-0.3, -0.25) is 0 Å². The van der Waals surface area contributed by atoms with Crippen LogP contribution in [0, 0.1) is 12.7 Å². The second-order valence-corrected chi connectivity index (χ2v) is 5.18. The SMILES string of the molecule is CNCc1cc(C)nc(CSc2ccccc2F)n1. The molecule has 0 bridgehead atoms. The highest BCUT2D eigenvalue weighted by molar-refractivity contribution is 7.98. The van der Waals surface area contributed by atoms with E-state index in [9.17, 15) is 4.39 Å². The molecule has 0 spiro atoms. The van der Waals surface area contributed by atoms with Crippen LogP contribution in [0.1, 0.15) is 17.2 Å². The Hall–Kier alpha value is -1.46. The molecule has 2 aromatic rings. The van der Waals surface area contributed by atoms with E-state index in [2.05, 4.69) is 15.3 Å². The zero-order valence-electron chi connectivity index (χ0n) is 11.0. The van der Waals surface area contributed by atoms with Crippen molar-refractivity contribution in [1.82, 2.24) is 15.3 Å². The Kier molecular flexibility index (Phi) is 4.87. The van der Waals surface area contributed by atoms with E-state index >= 15 is 0 Å². The molecule has 0 fully saturated rings. The highest BCUT2D eigenvalue weighted by Gasteiger charge is 2.05. The summed E-state index contributed by atoms with van der Waals surface area (Å²) in [7, 11) is 1.88. The Bertz CT molecular complexity index is 560. The Morgan fingerprint density at radius 1 is 1.26 bits per heavy atom. The zero-order valence-corrected chi connectivity index (χ0v) is 11.8. The van der Waals surface area contributed by atoms with Crippen LogP contribution in [0.5, 0.6) is 0 Å². The molecule has 1 aromatic carbocycles. The van der Waals surface area contributed by atoms with Gasteiger partial charge in [0, 0.05) is 17.1 Å². The minimum atomic E-state index is -0.199. The van der Waals surface area contributed by atoms with Crippen LogP contribution >= 0.6 is 11.8 Å². The van der Waals surface area contributed by atoms with Gasteiger partial charge in [-0.25, -0.2) is 14.4 Å². The standard InChI is InChI=1S/C14H16FN3S/c1-10-7-11(8-16-2)18-14(17-10)9-19-13-6-4-3-5-12(13)15/h3-7,16H,8-9H2,1-2H3. The number of hydrogen-bond donors (Lipinski definition) is 1. The highest BCUT2D eigenvalue weighted by atomic mass is 32.2. The lowest BCUT2D eigenvalue weighted by molar-refractivity contribution is 0.602. The maximum absolute atomic E-state index is 13.5. The molecule has 3 nitrogen and oxygen atoms in total. The van der Waals surface area contributed by atoms with Gasteiger partial charge in [-0.1, -0.05) is 12.1 Å². The fourth-order valence-electron chi connectivity index (χ4n) is 1.74. The summed E-state index contributed by atoms with van der Waals surface area (Å²) in [5, 5.41) is 3.06. The quantitative estimate of drug-likeness (QED) is 0.853. The second kappa shape index (κ2) is 6.63. The smallest absolute Gasteiger partial charge is 0.139 e. The van der Waals surface area contributed by atoms with Crippen molar-refractivity contribution < 1.29 is 4.39 Å². The molecule has 2 rings (SSSR count). The predicted molar refractivity (Wildman–Crippen MR) is 75.5 cm³/mol. The molecule has 0 aliphatic carbocycles. The summed E-state index contributed by atoms with van der Waals surface area (Å²) in [6.07, 6.45) is 0. The van der Waals surface area contributed by atoms with Crippen molar-refractivity contribution in [3.63, 3.8) is 0 Å². The molecule has 0 saturated heterocycles. The van der Waals surface area contributed by atoms with Gasteiger partial charge in [-0.2, -0.15) is 0 Å². The van der Waals surface area contributed by atoms with Gasteiger partial charge in [0.25, 0.3) is 0 Å². The molecule has 0 aliphatic heterocycles. The second-order valence-electron chi connectivity index (χ2n) is 4.17. The van der Waals surface area contributed by atoms with E-state index in [0.29, 0.717) is 17.2 Å². The molecule has 0 unspecified atom stereocenters. The van der Waals surface area contributed by atoms with Crippen molar-refractivity contribution in [1.29, 1.82) is 0 Å². The number of hydrogen-bond acceptors (Lipinski definition) is 4. The number of rotatable bonds is 5. The number of halogens is 1. The normalized spacial score (nSPS) is 10.7. The van der Waals surface area contributed by atoms with Crippen molar-refractivity contribution in [3.8, 4) is 0 Å². The maximum atomic E-state index is 13.5. The minimum Gasteiger partial charge on any atom is -0.314 e. The average molecular weight is 277 g/mol. The number of aromatic nitrogens is 2. The average Bonchev–Trinajstić information content (AvgIpc) is 2.37. The first-order chi connectivity index (χ1) is 9.19. The summed E-state index contributed by atoms with van der Waals surface area (Å²) in [6, 6.07) is 8.70. The van der Waals surface area contributed by atoms with E-state index in [-0.39, 0.29) is 5.82 Å². The molecule has 1 N–H and O–H groups in total. The zero-order chi connectivity index (χ0) is 13.7. The number of nitrogens with zero attached hydrogens (tertiary/aromatic N) is 2. The summed E-state index contributed by atoms with van der Waals surface area (Å²) < 4.78 is 13.5.